The van der Waals surface area contributed by atoms with Gasteiger partial charge in [-0.15, -0.1) is 0 Å². The third-order valence-corrected chi connectivity index (χ3v) is 1.96. The molecule has 0 aliphatic heterocycles. The number of rotatable bonds is 6. The van der Waals surface area contributed by atoms with Crippen molar-refractivity contribution in [3.63, 3.8) is 0 Å². The Morgan fingerprint density at radius 2 is 2.21 bits per heavy atom. The molecule has 0 aliphatic carbocycles. The number of carbonyl (C=O) groups excluding carboxylic acids is 1. The summed E-state index contributed by atoms with van der Waals surface area (Å²) in [6.07, 6.45) is 0.939. The van der Waals surface area contributed by atoms with Crippen LogP contribution in [0.15, 0.2) is 12.7 Å². The van der Waals surface area contributed by atoms with E-state index in [9.17, 15) is 9.90 Å². The van der Waals surface area contributed by atoms with Crippen LogP contribution in [-0.4, -0.2) is 55.3 Å². The van der Waals surface area contributed by atoms with E-state index >= 15 is 0 Å². The standard InChI is InChI=1S/C10H20N2O2/c1-5-10(14)11-6-7-12(3,4)8-9(2)13/h5,9,13H,1,6-8H2,2-4H3/p+1. The van der Waals surface area contributed by atoms with Crippen molar-refractivity contribution in [2.24, 2.45) is 0 Å². The minimum absolute atomic E-state index is 0.151. The van der Waals surface area contributed by atoms with Crippen LogP contribution in [-0.2, 0) is 4.79 Å². The lowest BCUT2D eigenvalue weighted by Crippen LogP contribution is -2.48. The van der Waals surface area contributed by atoms with Gasteiger partial charge in [0, 0.05) is 0 Å². The van der Waals surface area contributed by atoms with E-state index in [1.54, 1.807) is 6.92 Å². The number of likely N-dealkylation sites (N-methyl/N-ethyl adjacent to an activating group) is 1. The molecule has 0 bridgehead atoms. The van der Waals surface area contributed by atoms with Gasteiger partial charge in [0.25, 0.3) is 0 Å². The Hall–Kier alpha value is -0.870. The van der Waals surface area contributed by atoms with Crippen LogP contribution in [0.2, 0.25) is 0 Å². The summed E-state index contributed by atoms with van der Waals surface area (Å²) in [6.45, 7) is 7.22. The number of quaternary nitrogens is 1. The Kier molecular flexibility index (Phi) is 5.42. The zero-order valence-electron chi connectivity index (χ0n) is 9.29. The predicted molar refractivity (Wildman–Crippen MR) is 56.7 cm³/mol. The number of aliphatic hydroxyl groups is 1. The highest BCUT2D eigenvalue weighted by Gasteiger charge is 2.17. The van der Waals surface area contributed by atoms with Crippen LogP contribution >= 0.6 is 0 Å². The molecule has 0 aliphatic rings. The smallest absolute Gasteiger partial charge is 0.243 e. The van der Waals surface area contributed by atoms with Gasteiger partial charge in [-0.3, -0.25) is 4.79 Å². The van der Waals surface area contributed by atoms with E-state index in [1.807, 2.05) is 14.1 Å². The average molecular weight is 201 g/mol. The highest BCUT2D eigenvalue weighted by Crippen LogP contribution is 1.98. The molecule has 0 aromatic carbocycles. The van der Waals surface area contributed by atoms with Crippen molar-refractivity contribution < 1.29 is 14.4 Å². The van der Waals surface area contributed by atoms with Crippen molar-refractivity contribution in [2.75, 3.05) is 33.7 Å². The Bertz CT molecular complexity index is 200. The van der Waals surface area contributed by atoms with Crippen LogP contribution < -0.4 is 5.32 Å². The van der Waals surface area contributed by atoms with Crippen molar-refractivity contribution in [1.29, 1.82) is 0 Å². The fourth-order valence-electron chi connectivity index (χ4n) is 1.36. The summed E-state index contributed by atoms with van der Waals surface area (Å²) in [5.41, 5.74) is 0. The first-order valence-corrected chi connectivity index (χ1v) is 4.78. The summed E-state index contributed by atoms with van der Waals surface area (Å²) in [6, 6.07) is 0. The molecule has 0 aromatic heterocycles. The fraction of sp³-hybridized carbons (Fsp3) is 0.700. The van der Waals surface area contributed by atoms with Gasteiger partial charge in [0.2, 0.25) is 5.91 Å². The normalized spacial score (nSPS) is 13.4. The van der Waals surface area contributed by atoms with E-state index < -0.39 is 0 Å². The van der Waals surface area contributed by atoms with Gasteiger partial charge in [-0.25, -0.2) is 0 Å². The molecule has 82 valence electrons. The SMILES string of the molecule is C=CC(=O)NCC[N+](C)(C)CC(C)O. The summed E-state index contributed by atoms with van der Waals surface area (Å²) in [7, 11) is 4.04. The first-order chi connectivity index (χ1) is 6.37. The van der Waals surface area contributed by atoms with E-state index in [0.717, 1.165) is 6.54 Å². The number of hydrogen-bond donors (Lipinski definition) is 2. The monoisotopic (exact) mass is 201 g/mol. The maximum Gasteiger partial charge on any atom is 0.243 e. The van der Waals surface area contributed by atoms with Crippen LogP contribution in [0, 0.1) is 0 Å². The number of hydrogen-bond acceptors (Lipinski definition) is 2. The zero-order chi connectivity index (χ0) is 11.2. The summed E-state index contributed by atoms with van der Waals surface area (Å²) >= 11 is 0. The lowest BCUT2D eigenvalue weighted by atomic mass is 10.3. The van der Waals surface area contributed by atoms with E-state index in [0.29, 0.717) is 17.6 Å². The lowest BCUT2D eigenvalue weighted by Gasteiger charge is -2.30. The number of amides is 1. The Labute approximate surface area is 85.8 Å². The molecule has 4 nitrogen and oxygen atoms in total. The summed E-state index contributed by atoms with van der Waals surface area (Å²) in [5, 5.41) is 11.9. The Morgan fingerprint density at radius 3 is 2.64 bits per heavy atom. The molecular weight excluding hydrogens is 180 g/mol. The summed E-state index contributed by atoms with van der Waals surface area (Å²) in [4.78, 5) is 10.8. The van der Waals surface area contributed by atoms with E-state index in [1.165, 1.54) is 6.08 Å². The van der Waals surface area contributed by atoms with E-state index in [4.69, 9.17) is 0 Å². The molecule has 4 heteroatoms. The quantitative estimate of drug-likeness (QED) is 0.460. The van der Waals surface area contributed by atoms with Crippen molar-refractivity contribution in [3.8, 4) is 0 Å². The molecule has 14 heavy (non-hydrogen) atoms. The molecule has 0 aromatic rings. The van der Waals surface area contributed by atoms with Gasteiger partial charge in [0.05, 0.1) is 27.2 Å². The van der Waals surface area contributed by atoms with Gasteiger partial charge in [0.1, 0.15) is 12.6 Å². The van der Waals surface area contributed by atoms with Crippen molar-refractivity contribution in [1.82, 2.24) is 5.32 Å². The molecule has 0 rings (SSSR count). The molecule has 1 atom stereocenters. The van der Waals surface area contributed by atoms with Crippen molar-refractivity contribution in [3.05, 3.63) is 12.7 Å². The third-order valence-electron chi connectivity index (χ3n) is 1.96. The molecule has 0 saturated heterocycles. The summed E-state index contributed by atoms with van der Waals surface area (Å²) in [5.74, 6) is -0.151. The minimum Gasteiger partial charge on any atom is -0.388 e. The predicted octanol–water partition coefficient (Wildman–Crippen LogP) is -0.254. The van der Waals surface area contributed by atoms with Gasteiger partial charge < -0.3 is 14.9 Å². The van der Waals surface area contributed by atoms with Crippen LogP contribution in [0.5, 0.6) is 0 Å². The van der Waals surface area contributed by atoms with Crippen molar-refractivity contribution >= 4 is 5.91 Å². The minimum atomic E-state index is -0.319. The maximum absolute atomic E-state index is 10.8. The van der Waals surface area contributed by atoms with Gasteiger partial charge in [0.15, 0.2) is 0 Å². The van der Waals surface area contributed by atoms with Crippen LogP contribution in [0.4, 0.5) is 0 Å². The fourth-order valence-corrected chi connectivity index (χ4v) is 1.36. The first kappa shape index (κ1) is 13.1. The second-order valence-electron chi connectivity index (χ2n) is 4.19. The van der Waals surface area contributed by atoms with E-state index in [2.05, 4.69) is 11.9 Å². The summed E-state index contributed by atoms with van der Waals surface area (Å²) < 4.78 is 0.690. The molecule has 0 fully saturated rings. The second-order valence-corrected chi connectivity index (χ2v) is 4.19. The van der Waals surface area contributed by atoms with Crippen LogP contribution in [0.1, 0.15) is 6.92 Å². The first-order valence-electron chi connectivity index (χ1n) is 4.78. The second kappa shape index (κ2) is 5.78. The molecule has 0 heterocycles. The van der Waals surface area contributed by atoms with E-state index in [-0.39, 0.29) is 12.0 Å². The zero-order valence-corrected chi connectivity index (χ0v) is 9.29. The third kappa shape index (κ3) is 6.62. The molecule has 1 unspecified atom stereocenters. The highest BCUT2D eigenvalue weighted by atomic mass is 16.3. The number of nitrogens with zero attached hydrogens (tertiary/aromatic N) is 1. The number of nitrogens with one attached hydrogen (secondary N) is 1. The van der Waals surface area contributed by atoms with Gasteiger partial charge >= 0.3 is 0 Å². The molecule has 1 amide bonds. The largest absolute Gasteiger partial charge is 0.388 e. The molecule has 2 N–H and O–H groups in total. The van der Waals surface area contributed by atoms with Crippen molar-refractivity contribution in [2.45, 2.75) is 13.0 Å². The molecule has 0 spiro atoms. The van der Waals surface area contributed by atoms with Gasteiger partial charge in [-0.2, -0.15) is 0 Å². The topological polar surface area (TPSA) is 49.3 Å². The highest BCUT2D eigenvalue weighted by molar-refractivity contribution is 5.86. The van der Waals surface area contributed by atoms with Gasteiger partial charge in [-0.1, -0.05) is 6.58 Å². The van der Waals surface area contributed by atoms with Gasteiger partial charge in [-0.05, 0) is 13.0 Å². The molecule has 0 saturated carbocycles. The Balaban J connectivity index is 3.75. The molecule has 0 radical (unpaired) electrons. The molecular formula is C10H21N2O2+. The number of carbonyl (C=O) groups is 1. The van der Waals surface area contributed by atoms with Crippen LogP contribution in [0.3, 0.4) is 0 Å². The van der Waals surface area contributed by atoms with Crippen LogP contribution in [0.25, 0.3) is 0 Å². The number of aliphatic hydroxyl groups excluding tert-OH is 1. The maximum atomic E-state index is 10.8. The Morgan fingerprint density at radius 1 is 1.64 bits per heavy atom. The lowest BCUT2D eigenvalue weighted by molar-refractivity contribution is -0.891. The average Bonchev–Trinajstić information content (AvgIpc) is 2.01.